The fourth-order valence-electron chi connectivity index (χ4n) is 3.63. The number of rotatable bonds is 7. The molecule has 0 bridgehead atoms. The number of carbonyl (C=O) groups is 1. The summed E-state index contributed by atoms with van der Waals surface area (Å²) < 4.78 is 0. The Labute approximate surface area is 200 Å². The summed E-state index contributed by atoms with van der Waals surface area (Å²) in [6.45, 7) is 0. The molecule has 0 aliphatic carbocycles. The molecule has 32 heavy (non-hydrogen) atoms. The van der Waals surface area contributed by atoms with Crippen molar-refractivity contribution in [2.24, 2.45) is 0 Å². The Bertz CT molecular complexity index is 1300. The molecule has 3 aromatic carbocycles. The van der Waals surface area contributed by atoms with Crippen molar-refractivity contribution in [2.75, 3.05) is 0 Å². The van der Waals surface area contributed by atoms with Crippen LogP contribution in [0.2, 0.25) is 5.02 Å². The van der Waals surface area contributed by atoms with Crippen LogP contribution in [0.1, 0.15) is 44.0 Å². The predicted octanol–water partition coefficient (Wildman–Crippen LogP) is 7.83. The number of halogens is 2. The number of fused-ring (bicyclic) bond motifs is 1. The zero-order valence-corrected chi connectivity index (χ0v) is 19.6. The first-order valence-electron chi connectivity index (χ1n) is 10.3. The van der Waals surface area contributed by atoms with E-state index in [1.54, 1.807) is 12.1 Å². The van der Waals surface area contributed by atoms with Crippen molar-refractivity contribution < 1.29 is 9.90 Å². The number of nitrogens with zero attached hydrogens (tertiary/aromatic N) is 1. The van der Waals surface area contributed by atoms with Crippen molar-refractivity contribution in [2.45, 2.75) is 17.7 Å². The van der Waals surface area contributed by atoms with Crippen LogP contribution in [-0.4, -0.2) is 16.1 Å². The third kappa shape index (κ3) is 5.45. The van der Waals surface area contributed by atoms with Crippen LogP contribution in [0, 0.1) is 0 Å². The molecule has 0 unspecified atom stereocenters. The molecular weight excluding hydrogens is 486 g/mol. The fourth-order valence-corrected chi connectivity index (χ4v) is 4.31. The highest BCUT2D eigenvalue weighted by Gasteiger charge is 2.12. The lowest BCUT2D eigenvalue weighted by atomic mass is 9.99. The van der Waals surface area contributed by atoms with Crippen LogP contribution in [0.4, 0.5) is 0 Å². The third-order valence-electron chi connectivity index (χ3n) is 5.31. The lowest BCUT2D eigenvalue weighted by molar-refractivity contribution is 0.0695. The van der Waals surface area contributed by atoms with Gasteiger partial charge in [0.1, 0.15) is 0 Å². The number of aromatic carboxylic acids is 1. The Morgan fingerprint density at radius 3 is 2.66 bits per heavy atom. The molecule has 4 aromatic rings. The standard InChI is InChI=1S/C27H21BrClNO2/c28-25(15-11-19-5-1-2-7-24(19)27(31)32)21-6-3-4-18(16-21)8-13-23-14-10-20-9-12-22(29)17-26(20)30-23/h1-10,12-14,16-17,25H,11,15H2,(H,31,32)/b13-8+/t25-/m0/s1. The van der Waals surface area contributed by atoms with Gasteiger partial charge in [-0.15, -0.1) is 0 Å². The Morgan fingerprint density at radius 1 is 1.00 bits per heavy atom. The Morgan fingerprint density at radius 2 is 1.81 bits per heavy atom. The SMILES string of the molecule is O=C(O)c1ccccc1CC[C@H](Br)c1cccc(/C=C/c2ccc3ccc(Cl)cc3n2)c1. The van der Waals surface area contributed by atoms with E-state index in [0.29, 0.717) is 17.0 Å². The summed E-state index contributed by atoms with van der Waals surface area (Å²) in [5, 5.41) is 11.1. The Balaban J connectivity index is 1.47. The van der Waals surface area contributed by atoms with Gasteiger partial charge in [-0.1, -0.05) is 88.2 Å². The zero-order chi connectivity index (χ0) is 22.5. The molecule has 1 atom stereocenters. The summed E-state index contributed by atoms with van der Waals surface area (Å²) >= 11 is 9.86. The summed E-state index contributed by atoms with van der Waals surface area (Å²) in [4.78, 5) is 16.2. The minimum absolute atomic E-state index is 0.124. The second-order valence-electron chi connectivity index (χ2n) is 7.55. The predicted molar refractivity (Wildman–Crippen MR) is 136 cm³/mol. The summed E-state index contributed by atoms with van der Waals surface area (Å²) in [5.74, 6) is -0.886. The maximum Gasteiger partial charge on any atom is 0.335 e. The first-order chi connectivity index (χ1) is 15.5. The van der Waals surface area contributed by atoms with Gasteiger partial charge < -0.3 is 5.11 Å². The van der Waals surface area contributed by atoms with Gasteiger partial charge in [0.05, 0.1) is 16.8 Å². The van der Waals surface area contributed by atoms with Gasteiger partial charge in [0, 0.05) is 15.2 Å². The molecule has 5 heteroatoms. The number of hydrogen-bond acceptors (Lipinski definition) is 2. The van der Waals surface area contributed by atoms with Crippen molar-refractivity contribution in [1.29, 1.82) is 0 Å². The van der Waals surface area contributed by atoms with Gasteiger partial charge in [0.2, 0.25) is 0 Å². The molecule has 0 amide bonds. The molecule has 160 valence electrons. The van der Waals surface area contributed by atoms with Crippen LogP contribution in [0.3, 0.4) is 0 Å². The van der Waals surface area contributed by atoms with E-state index < -0.39 is 5.97 Å². The number of aromatic nitrogens is 1. The molecule has 4 rings (SSSR count). The molecule has 0 saturated heterocycles. The van der Waals surface area contributed by atoms with E-state index in [4.69, 9.17) is 11.6 Å². The second kappa shape index (κ2) is 10.1. The molecule has 1 N–H and O–H groups in total. The first kappa shape index (κ1) is 22.3. The van der Waals surface area contributed by atoms with Crippen LogP contribution < -0.4 is 0 Å². The molecular formula is C27H21BrClNO2. The van der Waals surface area contributed by atoms with Crippen LogP contribution in [0.15, 0.2) is 78.9 Å². The number of alkyl halides is 1. The van der Waals surface area contributed by atoms with E-state index in [-0.39, 0.29) is 4.83 Å². The summed E-state index contributed by atoms with van der Waals surface area (Å²) in [5.41, 5.74) is 5.18. The summed E-state index contributed by atoms with van der Waals surface area (Å²) in [6, 6.07) is 25.2. The van der Waals surface area contributed by atoms with Gasteiger partial charge in [-0.25, -0.2) is 9.78 Å². The molecule has 1 aromatic heterocycles. The van der Waals surface area contributed by atoms with Crippen LogP contribution in [0.25, 0.3) is 23.1 Å². The van der Waals surface area contributed by atoms with Crippen molar-refractivity contribution in [3.63, 3.8) is 0 Å². The Kier molecular flexibility index (Phi) is 7.03. The minimum Gasteiger partial charge on any atom is -0.478 e. The van der Waals surface area contributed by atoms with Crippen molar-refractivity contribution in [3.05, 3.63) is 112 Å². The minimum atomic E-state index is -0.886. The normalized spacial score (nSPS) is 12.3. The molecule has 3 nitrogen and oxygen atoms in total. The van der Waals surface area contributed by atoms with Gasteiger partial charge in [0.15, 0.2) is 0 Å². The number of carboxylic acids is 1. The maximum absolute atomic E-state index is 11.4. The zero-order valence-electron chi connectivity index (χ0n) is 17.2. The van der Waals surface area contributed by atoms with Crippen molar-refractivity contribution in [3.8, 4) is 0 Å². The van der Waals surface area contributed by atoms with Crippen LogP contribution in [-0.2, 0) is 6.42 Å². The molecule has 0 fully saturated rings. The highest BCUT2D eigenvalue weighted by Crippen LogP contribution is 2.29. The highest BCUT2D eigenvalue weighted by atomic mass is 79.9. The van der Waals surface area contributed by atoms with E-state index in [0.717, 1.165) is 39.7 Å². The van der Waals surface area contributed by atoms with E-state index >= 15 is 0 Å². The lowest BCUT2D eigenvalue weighted by Gasteiger charge is -2.12. The van der Waals surface area contributed by atoms with Gasteiger partial charge >= 0.3 is 5.97 Å². The second-order valence-corrected chi connectivity index (χ2v) is 9.09. The van der Waals surface area contributed by atoms with E-state index in [1.807, 2.05) is 60.7 Å². The number of hydrogen-bond donors (Lipinski definition) is 1. The van der Waals surface area contributed by atoms with E-state index in [1.165, 1.54) is 0 Å². The number of carboxylic acid groups (broad SMARTS) is 1. The quantitative estimate of drug-likeness (QED) is 0.260. The monoisotopic (exact) mass is 505 g/mol. The molecule has 0 aliphatic heterocycles. The third-order valence-corrected chi connectivity index (χ3v) is 6.53. The smallest absolute Gasteiger partial charge is 0.335 e. The Hall–Kier alpha value is -2.95. The van der Waals surface area contributed by atoms with Gasteiger partial charge in [-0.3, -0.25) is 0 Å². The van der Waals surface area contributed by atoms with Crippen molar-refractivity contribution in [1.82, 2.24) is 4.98 Å². The molecule has 0 saturated carbocycles. The fraction of sp³-hybridized carbons (Fsp3) is 0.111. The average molecular weight is 507 g/mol. The average Bonchev–Trinajstić information content (AvgIpc) is 2.81. The topological polar surface area (TPSA) is 50.2 Å². The van der Waals surface area contributed by atoms with Gasteiger partial charge in [-0.2, -0.15) is 0 Å². The number of pyridine rings is 1. The van der Waals surface area contributed by atoms with E-state index in [9.17, 15) is 9.90 Å². The first-order valence-corrected chi connectivity index (χ1v) is 11.6. The van der Waals surface area contributed by atoms with Gasteiger partial charge in [-0.05, 0) is 59.9 Å². The van der Waals surface area contributed by atoms with Crippen LogP contribution >= 0.6 is 27.5 Å². The van der Waals surface area contributed by atoms with Crippen molar-refractivity contribution >= 4 is 56.6 Å². The van der Waals surface area contributed by atoms with Crippen LogP contribution in [0.5, 0.6) is 0 Å². The van der Waals surface area contributed by atoms with E-state index in [2.05, 4.69) is 39.1 Å². The highest BCUT2D eigenvalue weighted by molar-refractivity contribution is 9.09. The summed E-state index contributed by atoms with van der Waals surface area (Å²) in [6.07, 6.45) is 5.51. The lowest BCUT2D eigenvalue weighted by Crippen LogP contribution is -2.03. The number of aryl methyl sites for hydroxylation is 1. The largest absolute Gasteiger partial charge is 0.478 e. The molecule has 0 aliphatic rings. The molecule has 0 radical (unpaired) electrons. The van der Waals surface area contributed by atoms with Gasteiger partial charge in [0.25, 0.3) is 0 Å². The molecule has 0 spiro atoms. The molecule has 1 heterocycles. The maximum atomic E-state index is 11.4. The number of benzene rings is 3. The summed E-state index contributed by atoms with van der Waals surface area (Å²) in [7, 11) is 0.